The van der Waals surface area contributed by atoms with Crippen LogP contribution in [0.15, 0.2) is 340 Å². The Labute approximate surface area is 656 Å². The molecular formula is C110H80N2. The second-order valence-electron chi connectivity index (χ2n) is 34.8. The standard InChI is InChI=1S/C110H80N2/c1-105(2)87-41-19-11-36-77(87)84-62-67(54-58-89(84)105)111(100-50-28-39-83-76-35-16-25-47-94(76)109(103(83)100)90-43-21-12-30-71(90)72-31-13-22-44-91(72)109)68-52-56-81-79-55-51-65(60-96(79)107(5,6)98(81)63-68)66-59-85-78-37-17-26-48-95(78)110(92-45-23-14-32-73(92)74-33-15-24-46-93(74)110)104(85)101(61-66)112(69-53-57-80-70-29-9-18-40-86(70)106(3,4)97(80)64-69)99-49-27-38-82-75-34-10-20-42-88(75)108(7,8)102(82)99/h9-64H,1-8H3. The van der Waals surface area contributed by atoms with E-state index in [1.807, 2.05) is 0 Å². The van der Waals surface area contributed by atoms with Crippen LogP contribution in [0.4, 0.5) is 34.1 Å². The van der Waals surface area contributed by atoms with Crippen molar-refractivity contribution in [1.82, 2.24) is 0 Å². The summed E-state index contributed by atoms with van der Waals surface area (Å²) < 4.78 is 0. The van der Waals surface area contributed by atoms with Gasteiger partial charge >= 0.3 is 0 Å². The molecule has 16 aromatic rings. The van der Waals surface area contributed by atoms with E-state index in [9.17, 15) is 0 Å². The van der Waals surface area contributed by atoms with Crippen LogP contribution in [0.2, 0.25) is 0 Å². The van der Waals surface area contributed by atoms with E-state index in [0.29, 0.717) is 0 Å². The molecule has 0 N–H and O–H groups in total. The van der Waals surface area contributed by atoms with E-state index in [1.165, 1.54) is 206 Å². The van der Waals surface area contributed by atoms with Gasteiger partial charge in [0.1, 0.15) is 0 Å². The highest BCUT2D eigenvalue weighted by atomic mass is 15.2. The molecule has 530 valence electrons. The minimum Gasteiger partial charge on any atom is -0.310 e. The minimum atomic E-state index is -0.668. The molecule has 8 aliphatic rings. The molecule has 0 fully saturated rings. The summed E-state index contributed by atoms with van der Waals surface area (Å²) in [5.74, 6) is 0. The Morgan fingerprint density at radius 2 is 0.455 bits per heavy atom. The zero-order valence-corrected chi connectivity index (χ0v) is 64.2. The lowest BCUT2D eigenvalue weighted by Crippen LogP contribution is -2.29. The normalized spacial score (nSPS) is 16.1. The molecule has 0 radical (unpaired) electrons. The maximum atomic E-state index is 2.74. The summed E-state index contributed by atoms with van der Waals surface area (Å²) in [5, 5.41) is 0. The monoisotopic (exact) mass is 1430 g/mol. The number of anilines is 6. The van der Waals surface area contributed by atoms with Crippen LogP contribution in [0.25, 0.3) is 100 Å². The Balaban J connectivity index is 0.733. The highest BCUT2D eigenvalue weighted by Crippen LogP contribution is 2.70. The molecular weight excluding hydrogens is 1350 g/mol. The van der Waals surface area contributed by atoms with Gasteiger partial charge in [-0.15, -0.1) is 0 Å². The first-order chi connectivity index (χ1) is 54.6. The molecule has 8 aliphatic carbocycles. The Morgan fingerprint density at radius 1 is 0.161 bits per heavy atom. The molecule has 2 spiro atoms. The van der Waals surface area contributed by atoms with Gasteiger partial charge in [-0.3, -0.25) is 0 Å². The van der Waals surface area contributed by atoms with Crippen molar-refractivity contribution in [2.24, 2.45) is 0 Å². The quantitative estimate of drug-likeness (QED) is 0.157. The number of nitrogens with zero attached hydrogens (tertiary/aromatic N) is 2. The number of benzene rings is 16. The molecule has 24 rings (SSSR count). The van der Waals surface area contributed by atoms with Crippen molar-refractivity contribution in [2.45, 2.75) is 87.9 Å². The average Bonchev–Trinajstić information content (AvgIpc) is 1.50. The highest BCUT2D eigenvalue weighted by Gasteiger charge is 2.56. The van der Waals surface area contributed by atoms with E-state index in [-0.39, 0.29) is 16.2 Å². The molecule has 0 aromatic heterocycles. The second kappa shape index (κ2) is 22.0. The Kier molecular flexibility index (Phi) is 12.6. The van der Waals surface area contributed by atoms with Gasteiger partial charge in [0.2, 0.25) is 0 Å². The van der Waals surface area contributed by atoms with E-state index in [1.54, 1.807) is 0 Å². The van der Waals surface area contributed by atoms with Crippen molar-refractivity contribution in [1.29, 1.82) is 0 Å². The fraction of sp³-hybridized carbons (Fsp3) is 0.127. The molecule has 0 aliphatic heterocycles. The van der Waals surface area contributed by atoms with Crippen LogP contribution in [-0.2, 0) is 32.5 Å². The van der Waals surface area contributed by atoms with Crippen molar-refractivity contribution in [3.05, 3.63) is 429 Å². The Hall–Kier alpha value is -12.9. The fourth-order valence-electron chi connectivity index (χ4n) is 23.4. The summed E-state index contributed by atoms with van der Waals surface area (Å²) in [6.07, 6.45) is 0. The van der Waals surface area contributed by atoms with Crippen LogP contribution in [0, 0.1) is 0 Å². The van der Waals surface area contributed by atoms with Gasteiger partial charge in [-0.05, 0) is 245 Å². The van der Waals surface area contributed by atoms with E-state index >= 15 is 0 Å². The number of rotatable bonds is 7. The lowest BCUT2D eigenvalue weighted by atomic mass is 9.69. The number of hydrogen-bond donors (Lipinski definition) is 0. The third-order valence-electron chi connectivity index (χ3n) is 28.2. The van der Waals surface area contributed by atoms with Crippen molar-refractivity contribution < 1.29 is 0 Å². The zero-order valence-electron chi connectivity index (χ0n) is 64.2. The third kappa shape index (κ3) is 7.85. The lowest BCUT2D eigenvalue weighted by molar-refractivity contribution is 0.658. The molecule has 2 heteroatoms. The van der Waals surface area contributed by atoms with Crippen LogP contribution >= 0.6 is 0 Å². The van der Waals surface area contributed by atoms with Gasteiger partial charge in [0.05, 0.1) is 27.9 Å². The maximum absolute atomic E-state index is 2.74. The van der Waals surface area contributed by atoms with Gasteiger partial charge in [0.15, 0.2) is 0 Å². The van der Waals surface area contributed by atoms with E-state index in [2.05, 4.69) is 405 Å². The molecule has 0 amide bonds. The average molecular weight is 1430 g/mol. The summed E-state index contributed by atoms with van der Waals surface area (Å²) in [5.41, 5.74) is 48.9. The fourth-order valence-corrected chi connectivity index (χ4v) is 23.4. The van der Waals surface area contributed by atoms with Gasteiger partial charge in [-0.2, -0.15) is 0 Å². The first-order valence-electron chi connectivity index (χ1n) is 40.1. The van der Waals surface area contributed by atoms with E-state index in [0.717, 1.165) is 17.1 Å². The summed E-state index contributed by atoms with van der Waals surface area (Å²) in [6, 6.07) is 132. The SMILES string of the molecule is CC1(C)c2ccccc2-c2cc(N(c3ccc4c(c3)C(C)(C)c3cc(-c5cc6c(c(N(c7ccc8c(c7)C(C)(C)c7ccccc7-8)c7cccc8c7C(C)(C)c7ccccc7-8)c5)C5(c7ccccc7-c7ccccc75)c5ccccc5-6)ccc3-4)c3cccc4c3C3(c5ccccc5-c5ccccc53)c3ccccc3-4)ccc21. The van der Waals surface area contributed by atoms with Crippen molar-refractivity contribution in [3.63, 3.8) is 0 Å². The van der Waals surface area contributed by atoms with Crippen LogP contribution in [0.5, 0.6) is 0 Å². The summed E-state index contributed by atoms with van der Waals surface area (Å²) in [7, 11) is 0. The minimum absolute atomic E-state index is 0.157. The molecule has 0 unspecified atom stereocenters. The predicted molar refractivity (Wildman–Crippen MR) is 464 cm³/mol. The molecule has 0 bridgehead atoms. The van der Waals surface area contributed by atoms with Crippen LogP contribution in [-0.4, -0.2) is 0 Å². The van der Waals surface area contributed by atoms with Crippen LogP contribution in [0.3, 0.4) is 0 Å². The lowest BCUT2D eigenvalue weighted by Gasteiger charge is -2.38. The molecule has 0 saturated carbocycles. The predicted octanol–water partition coefficient (Wildman–Crippen LogP) is 28.2. The molecule has 0 atom stereocenters. The first kappa shape index (κ1) is 64.0. The molecule has 0 saturated heterocycles. The highest BCUT2D eigenvalue weighted by molar-refractivity contribution is 6.05. The van der Waals surface area contributed by atoms with E-state index < -0.39 is 16.2 Å². The first-order valence-corrected chi connectivity index (χ1v) is 40.1. The third-order valence-corrected chi connectivity index (χ3v) is 28.2. The smallest absolute Gasteiger partial charge is 0.0746 e. The molecule has 16 aromatic carbocycles. The summed E-state index contributed by atoms with van der Waals surface area (Å²) in [6.45, 7) is 19.5. The molecule has 112 heavy (non-hydrogen) atoms. The molecule has 2 nitrogen and oxygen atoms in total. The largest absolute Gasteiger partial charge is 0.310 e. The van der Waals surface area contributed by atoms with Crippen molar-refractivity contribution in [2.75, 3.05) is 9.80 Å². The second-order valence-corrected chi connectivity index (χ2v) is 34.8. The summed E-state index contributed by atoms with van der Waals surface area (Å²) >= 11 is 0. The topological polar surface area (TPSA) is 6.48 Å². The Morgan fingerprint density at radius 3 is 0.938 bits per heavy atom. The number of fused-ring (bicyclic) bond motifs is 32. The van der Waals surface area contributed by atoms with E-state index in [4.69, 9.17) is 0 Å². The van der Waals surface area contributed by atoms with Gasteiger partial charge in [0, 0.05) is 49.8 Å². The van der Waals surface area contributed by atoms with Crippen LogP contribution < -0.4 is 9.80 Å². The van der Waals surface area contributed by atoms with Crippen molar-refractivity contribution >= 4 is 34.1 Å². The van der Waals surface area contributed by atoms with Gasteiger partial charge in [0.25, 0.3) is 0 Å². The summed E-state index contributed by atoms with van der Waals surface area (Å²) in [4.78, 5) is 5.38. The number of hydrogen-bond acceptors (Lipinski definition) is 2. The van der Waals surface area contributed by atoms with Gasteiger partial charge < -0.3 is 9.80 Å². The maximum Gasteiger partial charge on any atom is 0.0746 e. The van der Waals surface area contributed by atoms with Crippen LogP contribution in [0.1, 0.15) is 144 Å². The van der Waals surface area contributed by atoms with Gasteiger partial charge in [-0.1, -0.05) is 328 Å². The zero-order chi connectivity index (χ0) is 74.8. The van der Waals surface area contributed by atoms with Crippen molar-refractivity contribution in [3.8, 4) is 100 Å². The van der Waals surface area contributed by atoms with Gasteiger partial charge in [-0.25, -0.2) is 0 Å². The molecule has 0 heterocycles. The Bertz CT molecular complexity index is 6810.